The van der Waals surface area contributed by atoms with E-state index < -0.39 is 10.0 Å². The number of nitrogens with zero attached hydrogens (tertiary/aromatic N) is 1. The summed E-state index contributed by atoms with van der Waals surface area (Å²) < 4.78 is 37.1. The highest BCUT2D eigenvalue weighted by molar-refractivity contribution is 7.89. The van der Waals surface area contributed by atoms with Crippen LogP contribution in [0.2, 0.25) is 0 Å². The lowest BCUT2D eigenvalue weighted by atomic mass is 10.2. The van der Waals surface area contributed by atoms with Gasteiger partial charge in [0.15, 0.2) is 0 Å². The van der Waals surface area contributed by atoms with Crippen molar-refractivity contribution in [1.82, 2.24) is 9.62 Å². The van der Waals surface area contributed by atoms with Gasteiger partial charge >= 0.3 is 0 Å². The van der Waals surface area contributed by atoms with E-state index in [2.05, 4.69) is 5.32 Å². The van der Waals surface area contributed by atoms with Crippen molar-refractivity contribution in [2.45, 2.75) is 24.2 Å². The number of carbonyl (C=O) groups excluding carboxylic acids is 1. The fraction of sp³-hybridized carbons (Fsp3) is 0.562. The zero-order valence-electron chi connectivity index (χ0n) is 14.1. The van der Waals surface area contributed by atoms with E-state index in [1.54, 1.807) is 13.2 Å². The summed E-state index contributed by atoms with van der Waals surface area (Å²) in [5.41, 5.74) is 0.297. The molecule has 0 atom stereocenters. The average Bonchev–Trinajstić information content (AvgIpc) is 3.13. The number of benzene rings is 1. The van der Waals surface area contributed by atoms with E-state index in [-0.39, 0.29) is 16.6 Å². The van der Waals surface area contributed by atoms with E-state index in [9.17, 15) is 13.2 Å². The van der Waals surface area contributed by atoms with Crippen molar-refractivity contribution in [1.29, 1.82) is 0 Å². The number of ether oxygens (including phenoxy) is 2. The van der Waals surface area contributed by atoms with Crippen molar-refractivity contribution in [3.63, 3.8) is 0 Å². The minimum Gasteiger partial charge on any atom is -0.495 e. The zero-order chi connectivity index (χ0) is 17.6. The zero-order valence-corrected chi connectivity index (χ0v) is 14.9. The molecule has 0 unspecified atom stereocenters. The third kappa shape index (κ3) is 4.25. The van der Waals surface area contributed by atoms with E-state index in [0.29, 0.717) is 38.2 Å². The van der Waals surface area contributed by atoms with Gasteiger partial charge in [-0.15, -0.1) is 0 Å². The van der Waals surface area contributed by atoms with Gasteiger partial charge in [-0.2, -0.15) is 4.31 Å². The highest BCUT2D eigenvalue weighted by Crippen LogP contribution is 2.29. The molecule has 1 aromatic carbocycles. The molecule has 2 rings (SSSR count). The molecule has 1 heterocycles. The number of rotatable bonds is 8. The van der Waals surface area contributed by atoms with Gasteiger partial charge in [-0.3, -0.25) is 4.79 Å². The molecule has 1 amide bonds. The molecule has 24 heavy (non-hydrogen) atoms. The summed E-state index contributed by atoms with van der Waals surface area (Å²) in [6.07, 6.45) is 2.39. The number of carbonyl (C=O) groups is 1. The molecule has 0 aromatic heterocycles. The van der Waals surface area contributed by atoms with Gasteiger partial charge in [0.1, 0.15) is 10.6 Å². The Labute approximate surface area is 143 Å². The summed E-state index contributed by atoms with van der Waals surface area (Å²) in [5, 5.41) is 2.75. The molecule has 1 N–H and O–H groups in total. The molecular weight excluding hydrogens is 332 g/mol. The Kier molecular flexibility index (Phi) is 6.59. The van der Waals surface area contributed by atoms with Crippen LogP contribution >= 0.6 is 0 Å². The molecule has 0 spiro atoms. The lowest BCUT2D eigenvalue weighted by molar-refractivity contribution is 0.0948. The van der Waals surface area contributed by atoms with E-state index >= 15 is 0 Å². The Morgan fingerprint density at radius 1 is 1.25 bits per heavy atom. The van der Waals surface area contributed by atoms with Crippen LogP contribution in [-0.2, 0) is 14.8 Å². The van der Waals surface area contributed by atoms with E-state index in [1.807, 2.05) is 0 Å². The molecule has 0 radical (unpaired) electrons. The molecule has 1 fully saturated rings. The number of sulfonamides is 1. The Balaban J connectivity index is 2.22. The van der Waals surface area contributed by atoms with Crippen LogP contribution in [0.15, 0.2) is 23.1 Å². The summed E-state index contributed by atoms with van der Waals surface area (Å²) in [7, 11) is -0.641. The summed E-state index contributed by atoms with van der Waals surface area (Å²) in [6.45, 7) is 2.02. The monoisotopic (exact) mass is 356 g/mol. The van der Waals surface area contributed by atoms with Crippen molar-refractivity contribution < 1.29 is 22.7 Å². The van der Waals surface area contributed by atoms with Crippen LogP contribution in [0, 0.1) is 0 Å². The second-order valence-corrected chi connectivity index (χ2v) is 7.49. The summed E-state index contributed by atoms with van der Waals surface area (Å²) in [6, 6.07) is 4.47. The lowest BCUT2D eigenvalue weighted by Gasteiger charge is -2.18. The third-order valence-electron chi connectivity index (χ3n) is 3.92. The maximum atomic E-state index is 12.8. The van der Waals surface area contributed by atoms with Crippen LogP contribution < -0.4 is 10.1 Å². The van der Waals surface area contributed by atoms with Crippen molar-refractivity contribution in [3.05, 3.63) is 23.8 Å². The van der Waals surface area contributed by atoms with Crippen molar-refractivity contribution in [2.24, 2.45) is 0 Å². The van der Waals surface area contributed by atoms with Gasteiger partial charge in [-0.05, 0) is 37.5 Å². The van der Waals surface area contributed by atoms with Crippen molar-refractivity contribution in [2.75, 3.05) is 40.5 Å². The van der Waals surface area contributed by atoms with Gasteiger partial charge in [0, 0.05) is 38.9 Å². The number of methoxy groups -OCH3 is 2. The second-order valence-electron chi connectivity index (χ2n) is 5.58. The smallest absolute Gasteiger partial charge is 0.251 e. The minimum atomic E-state index is -3.66. The predicted molar refractivity (Wildman–Crippen MR) is 89.8 cm³/mol. The average molecular weight is 356 g/mol. The predicted octanol–water partition coefficient (Wildman–Crippen LogP) is 1.25. The summed E-state index contributed by atoms with van der Waals surface area (Å²) >= 11 is 0. The molecule has 134 valence electrons. The number of amides is 1. The summed E-state index contributed by atoms with van der Waals surface area (Å²) in [5.74, 6) is -0.0653. The molecule has 8 heteroatoms. The minimum absolute atomic E-state index is 0.0384. The van der Waals surface area contributed by atoms with Crippen LogP contribution in [0.25, 0.3) is 0 Å². The van der Waals surface area contributed by atoms with Crippen molar-refractivity contribution in [3.8, 4) is 5.75 Å². The molecule has 1 aliphatic heterocycles. The number of hydrogen-bond donors (Lipinski definition) is 1. The van der Waals surface area contributed by atoms with E-state index in [1.165, 1.54) is 23.5 Å². The molecule has 1 aliphatic rings. The highest BCUT2D eigenvalue weighted by atomic mass is 32.2. The maximum absolute atomic E-state index is 12.8. The van der Waals surface area contributed by atoms with Gasteiger partial charge in [-0.1, -0.05) is 0 Å². The van der Waals surface area contributed by atoms with E-state index in [0.717, 1.165) is 12.8 Å². The Bertz CT molecular complexity index is 669. The molecule has 0 aliphatic carbocycles. The molecule has 0 saturated carbocycles. The largest absolute Gasteiger partial charge is 0.495 e. The van der Waals surface area contributed by atoms with Crippen LogP contribution in [0.1, 0.15) is 29.6 Å². The molecule has 7 nitrogen and oxygen atoms in total. The van der Waals surface area contributed by atoms with Gasteiger partial charge in [0.05, 0.1) is 7.11 Å². The fourth-order valence-corrected chi connectivity index (χ4v) is 4.31. The van der Waals surface area contributed by atoms with Crippen LogP contribution in [-0.4, -0.2) is 59.1 Å². The third-order valence-corrected chi connectivity index (χ3v) is 5.84. The first-order valence-corrected chi connectivity index (χ1v) is 9.40. The van der Waals surface area contributed by atoms with Gasteiger partial charge in [-0.25, -0.2) is 8.42 Å². The van der Waals surface area contributed by atoms with Gasteiger partial charge in [0.2, 0.25) is 10.0 Å². The number of nitrogens with one attached hydrogen (secondary N) is 1. The quantitative estimate of drug-likeness (QED) is 0.709. The lowest BCUT2D eigenvalue weighted by Crippen LogP contribution is -2.29. The normalized spacial score (nSPS) is 15.4. The van der Waals surface area contributed by atoms with Crippen LogP contribution in [0.3, 0.4) is 0 Å². The van der Waals surface area contributed by atoms with Crippen LogP contribution in [0.5, 0.6) is 5.75 Å². The maximum Gasteiger partial charge on any atom is 0.251 e. The SMILES string of the molecule is COCCCNC(=O)c1ccc(OC)c(S(=O)(=O)N2CCCC2)c1. The van der Waals surface area contributed by atoms with Crippen molar-refractivity contribution >= 4 is 15.9 Å². The highest BCUT2D eigenvalue weighted by Gasteiger charge is 2.30. The standard InChI is InChI=1S/C16H24N2O5S/c1-22-11-5-8-17-16(19)13-6-7-14(23-2)15(12-13)24(20,21)18-9-3-4-10-18/h6-7,12H,3-5,8-11H2,1-2H3,(H,17,19). The van der Waals surface area contributed by atoms with Gasteiger partial charge < -0.3 is 14.8 Å². The molecular formula is C16H24N2O5S. The first-order chi connectivity index (χ1) is 11.5. The first-order valence-electron chi connectivity index (χ1n) is 7.96. The Morgan fingerprint density at radius 2 is 1.96 bits per heavy atom. The van der Waals surface area contributed by atoms with E-state index in [4.69, 9.17) is 9.47 Å². The first kappa shape index (κ1) is 18.7. The van der Waals surface area contributed by atoms with Gasteiger partial charge in [0.25, 0.3) is 5.91 Å². The van der Waals surface area contributed by atoms with Crippen LogP contribution in [0.4, 0.5) is 0 Å². The second kappa shape index (κ2) is 8.46. The molecule has 1 saturated heterocycles. The molecule has 1 aromatic rings. The summed E-state index contributed by atoms with van der Waals surface area (Å²) in [4.78, 5) is 12.2. The Morgan fingerprint density at radius 3 is 2.58 bits per heavy atom. The topological polar surface area (TPSA) is 84.9 Å². The Hall–Kier alpha value is -1.64. The molecule has 0 bridgehead atoms. The number of hydrogen-bond acceptors (Lipinski definition) is 5. The fourth-order valence-electron chi connectivity index (χ4n) is 2.61.